The Bertz CT molecular complexity index is 602. The summed E-state index contributed by atoms with van der Waals surface area (Å²) in [7, 11) is 0. The van der Waals surface area contributed by atoms with Crippen molar-refractivity contribution in [1.82, 2.24) is 15.3 Å². The number of imidazole rings is 1. The van der Waals surface area contributed by atoms with Crippen molar-refractivity contribution in [1.29, 1.82) is 0 Å². The second-order valence-electron chi connectivity index (χ2n) is 4.69. The van der Waals surface area contributed by atoms with Crippen LogP contribution < -0.4 is 5.32 Å². The molecule has 1 unspecified atom stereocenters. The zero-order chi connectivity index (χ0) is 13.2. The van der Waals surface area contributed by atoms with Crippen LogP contribution in [-0.2, 0) is 0 Å². The lowest BCUT2D eigenvalue weighted by molar-refractivity contribution is 0.112. The lowest BCUT2D eigenvalue weighted by Crippen LogP contribution is -2.14. The number of aromatic nitrogens is 2. The minimum Gasteiger partial charge on any atom is -0.341 e. The third-order valence-electron chi connectivity index (χ3n) is 3.42. The zero-order valence-corrected chi connectivity index (χ0v) is 11.9. The molecule has 2 N–H and O–H groups in total. The second kappa shape index (κ2) is 5.27. The molecule has 4 nitrogen and oxygen atoms in total. The summed E-state index contributed by atoms with van der Waals surface area (Å²) in [5, 5.41) is 3.41. The molecule has 0 bridgehead atoms. The normalized spacial score (nSPS) is 18.7. The van der Waals surface area contributed by atoms with E-state index in [1.807, 2.05) is 24.4 Å². The molecule has 2 aromatic rings. The summed E-state index contributed by atoms with van der Waals surface area (Å²) < 4.78 is 0.809. The van der Waals surface area contributed by atoms with Crippen LogP contribution in [0.2, 0.25) is 0 Å². The number of hydrogen-bond acceptors (Lipinski definition) is 3. The van der Waals surface area contributed by atoms with Crippen molar-refractivity contribution in [2.45, 2.75) is 18.9 Å². The third-order valence-corrected chi connectivity index (χ3v) is 4.14. The van der Waals surface area contributed by atoms with Crippen LogP contribution in [0.3, 0.4) is 0 Å². The molecular formula is C14H14BrN3O. The molecule has 0 amide bonds. The molecule has 1 aliphatic rings. The van der Waals surface area contributed by atoms with Crippen molar-refractivity contribution in [3.05, 3.63) is 40.3 Å². The molecule has 0 aliphatic carbocycles. The van der Waals surface area contributed by atoms with E-state index in [9.17, 15) is 4.79 Å². The van der Waals surface area contributed by atoms with E-state index >= 15 is 0 Å². The van der Waals surface area contributed by atoms with Crippen LogP contribution in [0.15, 0.2) is 28.9 Å². The Morgan fingerprint density at radius 3 is 3.05 bits per heavy atom. The largest absolute Gasteiger partial charge is 0.341 e. The maximum Gasteiger partial charge on any atom is 0.151 e. The van der Waals surface area contributed by atoms with E-state index in [1.54, 1.807) is 0 Å². The summed E-state index contributed by atoms with van der Waals surface area (Å²) in [6.45, 7) is 1.05. The Hall–Kier alpha value is -1.46. The number of hydrogen-bond donors (Lipinski definition) is 2. The van der Waals surface area contributed by atoms with Gasteiger partial charge in [-0.05, 0) is 31.5 Å². The van der Waals surface area contributed by atoms with Gasteiger partial charge in [0.2, 0.25) is 0 Å². The Labute approximate surface area is 119 Å². The molecule has 19 heavy (non-hydrogen) atoms. The summed E-state index contributed by atoms with van der Waals surface area (Å²) in [5.41, 5.74) is 2.56. The molecule has 1 aliphatic heterocycles. The lowest BCUT2D eigenvalue weighted by atomic mass is 10.1. The average molecular weight is 320 g/mol. The van der Waals surface area contributed by atoms with Crippen LogP contribution in [-0.4, -0.2) is 22.8 Å². The van der Waals surface area contributed by atoms with Gasteiger partial charge in [-0.25, -0.2) is 4.98 Å². The predicted molar refractivity (Wildman–Crippen MR) is 77.1 cm³/mol. The van der Waals surface area contributed by atoms with Gasteiger partial charge in [-0.15, -0.1) is 0 Å². The van der Waals surface area contributed by atoms with E-state index < -0.39 is 0 Å². The predicted octanol–water partition coefficient (Wildman–Crippen LogP) is 3.08. The third kappa shape index (κ3) is 2.48. The highest BCUT2D eigenvalue weighted by atomic mass is 79.9. The van der Waals surface area contributed by atoms with Gasteiger partial charge < -0.3 is 10.3 Å². The average Bonchev–Trinajstić information content (AvgIpc) is 3.10. The minimum atomic E-state index is 0.328. The molecule has 0 spiro atoms. The van der Waals surface area contributed by atoms with Gasteiger partial charge in [0.1, 0.15) is 5.82 Å². The molecule has 1 fully saturated rings. The molecule has 5 heteroatoms. The van der Waals surface area contributed by atoms with Crippen molar-refractivity contribution in [3.63, 3.8) is 0 Å². The first-order valence-corrected chi connectivity index (χ1v) is 7.10. The number of aldehydes is 1. The van der Waals surface area contributed by atoms with Crippen LogP contribution in [0.25, 0.3) is 11.3 Å². The summed E-state index contributed by atoms with van der Waals surface area (Å²) in [6.07, 6.45) is 4.98. The van der Waals surface area contributed by atoms with Crippen molar-refractivity contribution in [2.75, 3.05) is 6.54 Å². The van der Waals surface area contributed by atoms with Gasteiger partial charge in [0.05, 0.1) is 17.9 Å². The van der Waals surface area contributed by atoms with Gasteiger partial charge in [-0.1, -0.05) is 22.0 Å². The fourth-order valence-electron chi connectivity index (χ4n) is 2.38. The highest BCUT2D eigenvalue weighted by molar-refractivity contribution is 9.10. The van der Waals surface area contributed by atoms with Crippen LogP contribution in [0.1, 0.15) is 35.1 Å². The number of carbonyl (C=O) groups excluding carboxylic acids is 1. The molecule has 0 saturated carbocycles. The lowest BCUT2D eigenvalue weighted by Gasteiger charge is -2.05. The summed E-state index contributed by atoms with van der Waals surface area (Å²) in [6, 6.07) is 6.04. The number of rotatable bonds is 3. The molecule has 0 radical (unpaired) electrons. The Balaban J connectivity index is 1.91. The van der Waals surface area contributed by atoms with Gasteiger partial charge in [-0.2, -0.15) is 0 Å². The first-order chi connectivity index (χ1) is 9.28. The SMILES string of the molecule is O=Cc1cc(-c2cnc(C3CCCN3)[nH]2)ccc1Br. The van der Waals surface area contributed by atoms with E-state index in [0.29, 0.717) is 11.6 Å². The Morgan fingerprint density at radius 1 is 1.42 bits per heavy atom. The molecule has 1 saturated heterocycles. The molecule has 1 atom stereocenters. The molecule has 1 aromatic heterocycles. The number of aromatic amines is 1. The highest BCUT2D eigenvalue weighted by Crippen LogP contribution is 2.26. The maximum atomic E-state index is 11.0. The maximum absolute atomic E-state index is 11.0. The smallest absolute Gasteiger partial charge is 0.151 e. The quantitative estimate of drug-likeness (QED) is 0.855. The molecule has 2 heterocycles. The monoisotopic (exact) mass is 319 g/mol. The van der Waals surface area contributed by atoms with Crippen LogP contribution in [0, 0.1) is 0 Å². The number of benzene rings is 1. The van der Waals surface area contributed by atoms with Gasteiger partial charge in [0.25, 0.3) is 0 Å². The van der Waals surface area contributed by atoms with Crippen molar-refractivity contribution < 1.29 is 4.79 Å². The number of nitrogens with zero attached hydrogens (tertiary/aromatic N) is 1. The van der Waals surface area contributed by atoms with Crippen molar-refractivity contribution in [3.8, 4) is 11.3 Å². The van der Waals surface area contributed by atoms with Crippen molar-refractivity contribution in [2.24, 2.45) is 0 Å². The van der Waals surface area contributed by atoms with Gasteiger partial charge in [0, 0.05) is 15.6 Å². The van der Waals surface area contributed by atoms with Crippen LogP contribution in [0.4, 0.5) is 0 Å². The van der Waals surface area contributed by atoms with Gasteiger partial charge in [0.15, 0.2) is 6.29 Å². The molecule has 3 rings (SSSR count). The zero-order valence-electron chi connectivity index (χ0n) is 10.3. The minimum absolute atomic E-state index is 0.328. The number of H-pyrrole nitrogens is 1. The summed E-state index contributed by atoms with van der Waals surface area (Å²) >= 11 is 3.36. The van der Waals surface area contributed by atoms with Gasteiger partial charge in [-0.3, -0.25) is 4.79 Å². The fourth-order valence-corrected chi connectivity index (χ4v) is 2.72. The Kier molecular flexibility index (Phi) is 3.48. The van der Waals surface area contributed by atoms with E-state index in [-0.39, 0.29) is 0 Å². The van der Waals surface area contributed by atoms with Crippen LogP contribution in [0.5, 0.6) is 0 Å². The fraction of sp³-hybridized carbons (Fsp3) is 0.286. The Morgan fingerprint density at radius 2 is 2.32 bits per heavy atom. The highest BCUT2D eigenvalue weighted by Gasteiger charge is 2.19. The van der Waals surface area contributed by atoms with E-state index in [0.717, 1.165) is 40.8 Å². The number of carbonyl (C=O) groups is 1. The number of halogens is 1. The van der Waals surface area contributed by atoms with Crippen molar-refractivity contribution >= 4 is 22.2 Å². The molecule has 98 valence electrons. The van der Waals surface area contributed by atoms with E-state index in [4.69, 9.17) is 0 Å². The first kappa shape index (κ1) is 12.6. The summed E-state index contributed by atoms with van der Waals surface area (Å²) in [5.74, 6) is 0.975. The van der Waals surface area contributed by atoms with Gasteiger partial charge >= 0.3 is 0 Å². The topological polar surface area (TPSA) is 57.8 Å². The van der Waals surface area contributed by atoms with E-state index in [2.05, 4.69) is 31.2 Å². The standard InChI is InChI=1S/C14H14BrN3O/c15-11-4-3-9(6-10(11)8-19)13-7-17-14(18-13)12-2-1-5-16-12/h3-4,6-8,12,16H,1-2,5H2,(H,17,18). The molecule has 1 aromatic carbocycles. The number of nitrogens with one attached hydrogen (secondary N) is 2. The second-order valence-corrected chi connectivity index (χ2v) is 5.54. The first-order valence-electron chi connectivity index (χ1n) is 6.31. The summed E-state index contributed by atoms with van der Waals surface area (Å²) in [4.78, 5) is 18.7. The molecular weight excluding hydrogens is 306 g/mol. The van der Waals surface area contributed by atoms with Crippen LogP contribution >= 0.6 is 15.9 Å². The van der Waals surface area contributed by atoms with E-state index in [1.165, 1.54) is 6.42 Å².